The van der Waals surface area contributed by atoms with Crippen LogP contribution in [0.2, 0.25) is 0 Å². The second-order valence-corrected chi connectivity index (χ2v) is 4.85. The van der Waals surface area contributed by atoms with Crippen LogP contribution in [-0.2, 0) is 9.47 Å². The number of aromatic amines is 1. The minimum atomic E-state index is -0.700. The zero-order valence-electron chi connectivity index (χ0n) is 12.6. The summed E-state index contributed by atoms with van der Waals surface area (Å²) in [6, 6.07) is 13.6. The molecule has 0 fully saturated rings. The first-order valence-electron chi connectivity index (χ1n) is 6.90. The highest BCUT2D eigenvalue weighted by Crippen LogP contribution is 2.24. The van der Waals surface area contributed by atoms with Gasteiger partial charge >= 0.3 is 11.9 Å². The van der Waals surface area contributed by atoms with Crippen LogP contribution in [0.1, 0.15) is 21.0 Å². The molecule has 1 aromatic heterocycles. The maximum absolute atomic E-state index is 11.8. The highest BCUT2D eigenvalue weighted by Gasteiger charge is 2.24. The van der Waals surface area contributed by atoms with Crippen LogP contribution in [0.4, 0.5) is 0 Å². The summed E-state index contributed by atoms with van der Waals surface area (Å²) in [6.45, 7) is 0. The Bertz CT molecular complexity index is 865. The molecule has 23 heavy (non-hydrogen) atoms. The first-order chi connectivity index (χ1) is 11.1. The first kappa shape index (κ1) is 14.8. The van der Waals surface area contributed by atoms with Gasteiger partial charge in [0.2, 0.25) is 0 Å². The third kappa shape index (κ3) is 2.66. The molecule has 6 heteroatoms. The van der Waals surface area contributed by atoms with Gasteiger partial charge in [-0.15, -0.1) is 0 Å². The van der Waals surface area contributed by atoms with Crippen molar-refractivity contribution in [2.45, 2.75) is 0 Å². The lowest BCUT2D eigenvalue weighted by Crippen LogP contribution is -2.11. The summed E-state index contributed by atoms with van der Waals surface area (Å²) in [5, 5.41) is 2.12. The summed E-state index contributed by atoms with van der Waals surface area (Å²) < 4.78 is 9.33. The van der Waals surface area contributed by atoms with Crippen LogP contribution in [0.25, 0.3) is 22.2 Å². The standard InChI is InChI=1S/C17H14N2O4/c1-22-16(20)13-14(17(21)23-2)19-15(18-13)12-8-7-10-5-3-4-6-11(10)9-12/h3-9H,1-2H3,(H,18,19). The SMILES string of the molecule is COC(=O)c1nc(-c2ccc3ccccc3c2)[nH]c1C(=O)OC. The third-order valence-corrected chi connectivity index (χ3v) is 3.49. The zero-order valence-corrected chi connectivity index (χ0v) is 12.6. The van der Waals surface area contributed by atoms with Gasteiger partial charge in [-0.3, -0.25) is 0 Å². The number of nitrogens with one attached hydrogen (secondary N) is 1. The molecule has 0 amide bonds. The molecule has 0 aliphatic rings. The molecule has 0 atom stereocenters. The van der Waals surface area contributed by atoms with Crippen molar-refractivity contribution in [2.24, 2.45) is 0 Å². The number of nitrogens with zero attached hydrogens (tertiary/aromatic N) is 1. The normalized spacial score (nSPS) is 10.5. The fourth-order valence-corrected chi connectivity index (χ4v) is 2.34. The van der Waals surface area contributed by atoms with Gasteiger partial charge in [-0.1, -0.05) is 36.4 Å². The van der Waals surface area contributed by atoms with Crippen LogP contribution in [0.15, 0.2) is 42.5 Å². The maximum Gasteiger partial charge on any atom is 0.359 e. The van der Waals surface area contributed by atoms with E-state index in [0.29, 0.717) is 5.82 Å². The number of aromatic nitrogens is 2. The quantitative estimate of drug-likeness (QED) is 0.752. The molecule has 0 bridgehead atoms. The van der Waals surface area contributed by atoms with Gasteiger partial charge in [0, 0.05) is 5.56 Å². The average molecular weight is 310 g/mol. The third-order valence-electron chi connectivity index (χ3n) is 3.49. The van der Waals surface area contributed by atoms with Crippen LogP contribution < -0.4 is 0 Å². The summed E-state index contributed by atoms with van der Waals surface area (Å²) in [6.07, 6.45) is 0. The smallest absolute Gasteiger partial charge is 0.359 e. The van der Waals surface area contributed by atoms with Gasteiger partial charge in [0.1, 0.15) is 5.82 Å². The van der Waals surface area contributed by atoms with Gasteiger partial charge in [0.05, 0.1) is 14.2 Å². The average Bonchev–Trinajstić information content (AvgIpc) is 3.05. The van der Waals surface area contributed by atoms with Gasteiger partial charge in [-0.2, -0.15) is 0 Å². The first-order valence-corrected chi connectivity index (χ1v) is 6.90. The van der Waals surface area contributed by atoms with Crippen molar-refractivity contribution in [1.29, 1.82) is 0 Å². The molecule has 116 valence electrons. The van der Waals surface area contributed by atoms with E-state index in [4.69, 9.17) is 0 Å². The lowest BCUT2D eigenvalue weighted by Gasteiger charge is -2.00. The van der Waals surface area contributed by atoms with Crippen molar-refractivity contribution in [2.75, 3.05) is 14.2 Å². The minimum Gasteiger partial charge on any atom is -0.464 e. The Morgan fingerprint density at radius 3 is 2.35 bits per heavy atom. The highest BCUT2D eigenvalue weighted by atomic mass is 16.5. The molecule has 1 heterocycles. The number of carbonyl (C=O) groups is 2. The van der Waals surface area contributed by atoms with E-state index in [0.717, 1.165) is 16.3 Å². The van der Waals surface area contributed by atoms with Gasteiger partial charge in [0.15, 0.2) is 11.4 Å². The molecule has 0 spiro atoms. The summed E-state index contributed by atoms with van der Waals surface area (Å²) in [5.41, 5.74) is 0.633. The Balaban J connectivity index is 2.12. The minimum absolute atomic E-state index is 0.0255. The lowest BCUT2D eigenvalue weighted by atomic mass is 10.1. The van der Waals surface area contributed by atoms with Crippen molar-refractivity contribution in [3.05, 3.63) is 53.9 Å². The van der Waals surface area contributed by atoms with E-state index < -0.39 is 11.9 Å². The molecule has 0 unspecified atom stereocenters. The van der Waals surface area contributed by atoms with Crippen molar-refractivity contribution < 1.29 is 19.1 Å². The molecule has 3 rings (SSSR count). The molecule has 3 aromatic rings. The van der Waals surface area contributed by atoms with Crippen molar-refractivity contribution in [1.82, 2.24) is 9.97 Å². The number of hydrogen-bond donors (Lipinski definition) is 1. The molecule has 6 nitrogen and oxygen atoms in total. The van der Waals surface area contributed by atoms with Gasteiger partial charge in [0.25, 0.3) is 0 Å². The number of fused-ring (bicyclic) bond motifs is 1. The summed E-state index contributed by atoms with van der Waals surface area (Å²) in [4.78, 5) is 30.6. The second-order valence-electron chi connectivity index (χ2n) is 4.85. The van der Waals surface area contributed by atoms with Crippen molar-refractivity contribution in [3.8, 4) is 11.4 Å². The zero-order chi connectivity index (χ0) is 16.4. The van der Waals surface area contributed by atoms with E-state index >= 15 is 0 Å². The lowest BCUT2D eigenvalue weighted by molar-refractivity contribution is 0.0548. The number of imidazole rings is 1. The topological polar surface area (TPSA) is 81.3 Å². The van der Waals surface area contributed by atoms with E-state index in [1.165, 1.54) is 14.2 Å². The second kappa shape index (κ2) is 5.92. The Morgan fingerprint density at radius 1 is 0.957 bits per heavy atom. The number of benzene rings is 2. The number of rotatable bonds is 3. The maximum atomic E-state index is 11.8. The number of H-pyrrole nitrogens is 1. The van der Waals surface area contributed by atoms with Crippen LogP contribution in [0.5, 0.6) is 0 Å². The Labute approximate surface area is 132 Å². The van der Waals surface area contributed by atoms with Crippen molar-refractivity contribution >= 4 is 22.7 Å². The molecular formula is C17H14N2O4. The fourth-order valence-electron chi connectivity index (χ4n) is 2.34. The van der Waals surface area contributed by atoms with Crippen LogP contribution in [-0.4, -0.2) is 36.1 Å². The van der Waals surface area contributed by atoms with E-state index in [1.54, 1.807) is 0 Å². The Kier molecular flexibility index (Phi) is 3.80. The Morgan fingerprint density at radius 2 is 1.65 bits per heavy atom. The van der Waals surface area contributed by atoms with Crippen LogP contribution in [0.3, 0.4) is 0 Å². The summed E-state index contributed by atoms with van der Waals surface area (Å²) >= 11 is 0. The van der Waals surface area contributed by atoms with E-state index in [9.17, 15) is 9.59 Å². The van der Waals surface area contributed by atoms with Gasteiger partial charge in [-0.05, 0) is 16.8 Å². The number of carbonyl (C=O) groups excluding carboxylic acids is 2. The number of methoxy groups -OCH3 is 2. The molecule has 1 N–H and O–H groups in total. The van der Waals surface area contributed by atoms with E-state index in [-0.39, 0.29) is 11.4 Å². The largest absolute Gasteiger partial charge is 0.464 e. The number of ether oxygens (including phenoxy) is 2. The molecule has 2 aromatic carbocycles. The molecule has 0 radical (unpaired) electrons. The van der Waals surface area contributed by atoms with Gasteiger partial charge in [-0.25, -0.2) is 14.6 Å². The monoisotopic (exact) mass is 310 g/mol. The predicted molar refractivity (Wildman–Crippen MR) is 84.2 cm³/mol. The Hall–Kier alpha value is -3.15. The van der Waals surface area contributed by atoms with Crippen molar-refractivity contribution in [3.63, 3.8) is 0 Å². The van der Waals surface area contributed by atoms with Crippen LogP contribution >= 0.6 is 0 Å². The fraction of sp³-hybridized carbons (Fsp3) is 0.118. The van der Waals surface area contributed by atoms with E-state index in [1.807, 2.05) is 42.5 Å². The number of hydrogen-bond acceptors (Lipinski definition) is 5. The number of esters is 2. The highest BCUT2D eigenvalue weighted by molar-refractivity contribution is 6.01. The molecule has 0 saturated carbocycles. The molecule has 0 aliphatic heterocycles. The van der Waals surface area contributed by atoms with Gasteiger partial charge < -0.3 is 14.5 Å². The molecule has 0 aliphatic carbocycles. The summed E-state index contributed by atoms with van der Waals surface area (Å²) in [5.74, 6) is -0.977. The molecule has 0 saturated heterocycles. The molecular weight excluding hydrogens is 296 g/mol. The predicted octanol–water partition coefficient (Wildman–Crippen LogP) is 2.80. The summed E-state index contributed by atoms with van der Waals surface area (Å²) in [7, 11) is 2.47. The van der Waals surface area contributed by atoms with Crippen LogP contribution in [0, 0.1) is 0 Å². The van der Waals surface area contributed by atoms with E-state index in [2.05, 4.69) is 19.4 Å².